The summed E-state index contributed by atoms with van der Waals surface area (Å²) in [7, 11) is 0. The lowest BCUT2D eigenvalue weighted by atomic mass is 9.73. The van der Waals surface area contributed by atoms with E-state index < -0.39 is 0 Å². The Bertz CT molecular complexity index is 3570. The Balaban J connectivity index is 1.07. The first-order chi connectivity index (χ1) is 30.8. The molecule has 0 fully saturated rings. The van der Waals surface area contributed by atoms with Crippen LogP contribution in [-0.4, -0.2) is 4.57 Å². The zero-order valence-electron chi connectivity index (χ0n) is 35.1. The molecule has 0 N–H and O–H groups in total. The average Bonchev–Trinajstić information content (AvgIpc) is 3.65. The van der Waals surface area contributed by atoms with E-state index in [0.29, 0.717) is 21.9 Å². The molecule has 0 unspecified atom stereocenters. The molecule has 0 atom stereocenters. The minimum atomic E-state index is -0.347. The van der Waals surface area contributed by atoms with Crippen molar-refractivity contribution < 1.29 is 4.42 Å². The number of hydrogen-bond donors (Lipinski definition) is 0. The first-order valence-corrected chi connectivity index (χ1v) is 21.3. The van der Waals surface area contributed by atoms with Gasteiger partial charge in [0.1, 0.15) is 11.2 Å². The summed E-state index contributed by atoms with van der Waals surface area (Å²) < 4.78 is 8.64. The molecule has 3 heterocycles. The SMILES string of the molecule is C=C/C=C(\C=C)N(c1ccc2c(c1)C(C)(C)c1ccccc1N2c1cccc(-c2ccc3c(=O)c4ccccc4oc3c2)c1)c1ccc2c3ccccc3n(-c3ccccc3)c2c1. The molecule has 0 aliphatic carbocycles. The minimum absolute atomic E-state index is 0.0228. The molecular formula is C58H43N3O2. The van der Waals surface area contributed by atoms with Gasteiger partial charge in [0.25, 0.3) is 0 Å². The van der Waals surface area contributed by atoms with E-state index in [1.165, 1.54) is 21.9 Å². The van der Waals surface area contributed by atoms with Crippen LogP contribution in [0, 0.1) is 0 Å². The molecule has 8 aromatic carbocycles. The van der Waals surface area contributed by atoms with Gasteiger partial charge in [0.2, 0.25) is 5.43 Å². The molecule has 0 saturated carbocycles. The topological polar surface area (TPSA) is 41.6 Å². The van der Waals surface area contributed by atoms with Gasteiger partial charge in [-0.2, -0.15) is 0 Å². The zero-order valence-corrected chi connectivity index (χ0v) is 35.1. The number of allylic oxidation sites excluding steroid dienone is 3. The van der Waals surface area contributed by atoms with E-state index in [0.717, 1.165) is 62.0 Å². The van der Waals surface area contributed by atoms with Crippen molar-refractivity contribution in [1.29, 1.82) is 0 Å². The molecule has 0 amide bonds. The van der Waals surface area contributed by atoms with E-state index in [9.17, 15) is 4.79 Å². The second-order valence-electron chi connectivity index (χ2n) is 16.6. The van der Waals surface area contributed by atoms with Crippen molar-refractivity contribution in [3.8, 4) is 16.8 Å². The third kappa shape index (κ3) is 6.04. The van der Waals surface area contributed by atoms with Crippen LogP contribution in [0.3, 0.4) is 0 Å². The number of fused-ring (bicyclic) bond motifs is 7. The Kier molecular flexibility index (Phi) is 8.88. The van der Waals surface area contributed by atoms with Gasteiger partial charge < -0.3 is 18.8 Å². The first kappa shape index (κ1) is 37.8. The van der Waals surface area contributed by atoms with Gasteiger partial charge in [0, 0.05) is 44.6 Å². The van der Waals surface area contributed by atoms with Crippen LogP contribution in [0.15, 0.2) is 228 Å². The second-order valence-corrected chi connectivity index (χ2v) is 16.6. The number of rotatable bonds is 8. The molecule has 0 radical (unpaired) electrons. The Morgan fingerprint density at radius 1 is 0.556 bits per heavy atom. The highest BCUT2D eigenvalue weighted by atomic mass is 16.3. The fraction of sp³-hybridized carbons (Fsp3) is 0.0517. The molecule has 11 rings (SSSR count). The summed E-state index contributed by atoms with van der Waals surface area (Å²) >= 11 is 0. The monoisotopic (exact) mass is 813 g/mol. The molecule has 1 aliphatic heterocycles. The van der Waals surface area contributed by atoms with Crippen molar-refractivity contribution >= 4 is 72.2 Å². The Morgan fingerprint density at radius 2 is 1.21 bits per heavy atom. The van der Waals surface area contributed by atoms with Gasteiger partial charge >= 0.3 is 0 Å². The lowest BCUT2D eigenvalue weighted by Gasteiger charge is -2.42. The normalized spacial score (nSPS) is 13.3. The standard InChI is InChI=1S/C58H43N3O2/c1-5-17-40(6-2)59(44-29-32-46-45-22-10-13-25-51(45)60(54(46)37-44)41-19-8-7-9-20-41)43-30-33-53-50(36-43)58(3,4)49-24-12-14-26-52(49)61(53)42-21-16-18-38(34-42)39-28-31-48-56(35-39)63-55-27-15-11-23-47(55)57(48)62/h5-37H,1-2H2,3-4H3/b40-17+. The maximum atomic E-state index is 13.4. The summed E-state index contributed by atoms with van der Waals surface area (Å²) in [5.41, 5.74) is 14.7. The third-order valence-corrected chi connectivity index (χ3v) is 12.7. The number of para-hydroxylation sites is 4. The minimum Gasteiger partial charge on any atom is -0.456 e. The molecule has 5 heteroatoms. The van der Waals surface area contributed by atoms with Crippen LogP contribution in [0.4, 0.5) is 28.4 Å². The highest BCUT2D eigenvalue weighted by Gasteiger charge is 2.37. The predicted octanol–water partition coefficient (Wildman–Crippen LogP) is 15.2. The Hall–Kier alpha value is -8.15. The Morgan fingerprint density at radius 3 is 2.05 bits per heavy atom. The van der Waals surface area contributed by atoms with Gasteiger partial charge in [-0.05, 0) is 125 Å². The van der Waals surface area contributed by atoms with Crippen LogP contribution in [-0.2, 0) is 5.41 Å². The molecule has 0 saturated heterocycles. The van der Waals surface area contributed by atoms with Crippen molar-refractivity contribution in [2.75, 3.05) is 9.80 Å². The molecule has 302 valence electrons. The van der Waals surface area contributed by atoms with Crippen LogP contribution in [0.5, 0.6) is 0 Å². The smallest absolute Gasteiger partial charge is 0.200 e. The van der Waals surface area contributed by atoms with Gasteiger partial charge in [-0.15, -0.1) is 0 Å². The van der Waals surface area contributed by atoms with E-state index in [-0.39, 0.29) is 10.8 Å². The van der Waals surface area contributed by atoms with Crippen LogP contribution >= 0.6 is 0 Å². The quantitative estimate of drug-likeness (QED) is 0.113. The van der Waals surface area contributed by atoms with Gasteiger partial charge in [0.05, 0.1) is 33.2 Å². The molecule has 2 aromatic heterocycles. The summed E-state index contributed by atoms with van der Waals surface area (Å²) in [4.78, 5) is 18.0. The third-order valence-electron chi connectivity index (χ3n) is 12.7. The molecule has 1 aliphatic rings. The van der Waals surface area contributed by atoms with Crippen LogP contribution in [0.2, 0.25) is 0 Å². The largest absolute Gasteiger partial charge is 0.456 e. The number of nitrogens with zero attached hydrogens (tertiary/aromatic N) is 3. The van der Waals surface area contributed by atoms with Crippen molar-refractivity contribution in [3.63, 3.8) is 0 Å². The number of anilines is 5. The molecule has 10 aromatic rings. The summed E-state index contributed by atoms with van der Waals surface area (Å²) in [5, 5.41) is 3.55. The van der Waals surface area contributed by atoms with E-state index in [4.69, 9.17) is 4.42 Å². The fourth-order valence-electron chi connectivity index (χ4n) is 9.67. The maximum absolute atomic E-state index is 13.4. The first-order valence-electron chi connectivity index (χ1n) is 21.3. The lowest BCUT2D eigenvalue weighted by Crippen LogP contribution is -2.31. The molecule has 63 heavy (non-hydrogen) atoms. The fourth-order valence-corrected chi connectivity index (χ4v) is 9.67. The molecule has 5 nitrogen and oxygen atoms in total. The lowest BCUT2D eigenvalue weighted by molar-refractivity contribution is 0.632. The maximum Gasteiger partial charge on any atom is 0.200 e. The number of hydrogen-bond acceptors (Lipinski definition) is 4. The van der Waals surface area contributed by atoms with Crippen LogP contribution < -0.4 is 15.2 Å². The summed E-state index contributed by atoms with van der Waals surface area (Å²) in [6, 6.07) is 63.4. The molecule has 0 bridgehead atoms. The predicted molar refractivity (Wildman–Crippen MR) is 264 cm³/mol. The van der Waals surface area contributed by atoms with E-state index in [1.54, 1.807) is 0 Å². The van der Waals surface area contributed by atoms with Crippen molar-refractivity contribution in [1.82, 2.24) is 4.57 Å². The van der Waals surface area contributed by atoms with Gasteiger partial charge in [-0.1, -0.05) is 124 Å². The highest BCUT2D eigenvalue weighted by molar-refractivity contribution is 6.10. The van der Waals surface area contributed by atoms with E-state index >= 15 is 0 Å². The summed E-state index contributed by atoms with van der Waals surface area (Å²) in [6.07, 6.45) is 5.74. The van der Waals surface area contributed by atoms with E-state index in [2.05, 4.69) is 181 Å². The van der Waals surface area contributed by atoms with Gasteiger partial charge in [-0.3, -0.25) is 4.79 Å². The van der Waals surface area contributed by atoms with Crippen molar-refractivity contribution in [2.24, 2.45) is 0 Å². The summed E-state index contributed by atoms with van der Waals surface area (Å²) in [6.45, 7) is 13.0. The zero-order chi connectivity index (χ0) is 42.8. The van der Waals surface area contributed by atoms with Crippen LogP contribution in [0.1, 0.15) is 25.0 Å². The van der Waals surface area contributed by atoms with Crippen molar-refractivity contribution in [3.05, 3.63) is 240 Å². The van der Waals surface area contributed by atoms with Crippen molar-refractivity contribution in [2.45, 2.75) is 19.3 Å². The molecule has 0 spiro atoms. The van der Waals surface area contributed by atoms with Gasteiger partial charge in [-0.25, -0.2) is 0 Å². The number of benzene rings is 8. The molecular weight excluding hydrogens is 771 g/mol. The Labute approximate surface area is 366 Å². The highest BCUT2D eigenvalue weighted by Crippen LogP contribution is 2.53. The average molecular weight is 814 g/mol. The van der Waals surface area contributed by atoms with Crippen LogP contribution in [0.25, 0.3) is 60.6 Å². The summed E-state index contributed by atoms with van der Waals surface area (Å²) in [5.74, 6) is 0. The van der Waals surface area contributed by atoms with Gasteiger partial charge in [0.15, 0.2) is 0 Å². The number of aromatic nitrogens is 1. The second kappa shape index (κ2) is 14.8. The van der Waals surface area contributed by atoms with E-state index in [1.807, 2.05) is 60.7 Å².